The fourth-order valence-corrected chi connectivity index (χ4v) is 5.07. The van der Waals surface area contributed by atoms with Crippen molar-refractivity contribution in [1.29, 1.82) is 0 Å². The number of carbonyl (C=O) groups excluding carboxylic acids is 2. The summed E-state index contributed by atoms with van der Waals surface area (Å²) in [6.07, 6.45) is 1.48. The molecule has 0 spiro atoms. The van der Waals surface area contributed by atoms with Gasteiger partial charge in [-0.15, -0.1) is 0 Å². The van der Waals surface area contributed by atoms with E-state index in [2.05, 4.69) is 0 Å². The molecule has 0 bridgehead atoms. The summed E-state index contributed by atoms with van der Waals surface area (Å²) in [5, 5.41) is 0. The van der Waals surface area contributed by atoms with Crippen LogP contribution in [-0.4, -0.2) is 73.7 Å². The minimum atomic E-state index is -3.55. The highest BCUT2D eigenvalue weighted by atomic mass is 32.2. The lowest BCUT2D eigenvalue weighted by Crippen LogP contribution is -2.54. The maximum absolute atomic E-state index is 12.8. The number of amides is 3. The number of carbonyl (C=O) groups is 2. The Morgan fingerprint density at radius 1 is 1.00 bits per heavy atom. The van der Waals surface area contributed by atoms with Gasteiger partial charge in [0, 0.05) is 39.3 Å². The summed E-state index contributed by atoms with van der Waals surface area (Å²) >= 11 is 0. The number of benzene rings is 1. The molecular weight excluding hydrogens is 368 g/mol. The number of primary amides is 1. The van der Waals surface area contributed by atoms with E-state index in [4.69, 9.17) is 5.73 Å². The molecule has 1 aromatic carbocycles. The molecule has 3 amide bonds. The highest BCUT2D eigenvalue weighted by Crippen LogP contribution is 2.22. The van der Waals surface area contributed by atoms with Crippen LogP contribution >= 0.6 is 0 Å². The molecule has 2 fully saturated rings. The first-order chi connectivity index (χ1) is 12.8. The number of aryl methyl sites for hydroxylation is 1. The molecule has 9 heteroatoms. The van der Waals surface area contributed by atoms with Crippen LogP contribution in [0.25, 0.3) is 0 Å². The maximum Gasteiger partial charge on any atom is 0.314 e. The van der Waals surface area contributed by atoms with Crippen LogP contribution in [-0.2, 0) is 14.8 Å². The Morgan fingerprint density at radius 3 is 2.22 bits per heavy atom. The first-order valence-corrected chi connectivity index (χ1v) is 10.6. The number of nitrogens with two attached hydrogens (primary N) is 1. The topological polar surface area (TPSA) is 104 Å². The molecule has 2 N–H and O–H groups in total. The van der Waals surface area contributed by atoms with Gasteiger partial charge in [-0.2, -0.15) is 4.31 Å². The van der Waals surface area contributed by atoms with E-state index in [1.165, 1.54) is 9.21 Å². The number of likely N-dealkylation sites (tertiary alicyclic amines) is 1. The van der Waals surface area contributed by atoms with E-state index in [0.29, 0.717) is 26.2 Å². The van der Waals surface area contributed by atoms with Crippen molar-refractivity contribution in [2.24, 2.45) is 11.7 Å². The molecule has 2 aliphatic heterocycles. The molecule has 2 aliphatic rings. The molecule has 3 rings (SSSR count). The summed E-state index contributed by atoms with van der Waals surface area (Å²) in [5.41, 5.74) is 6.33. The van der Waals surface area contributed by atoms with E-state index in [0.717, 1.165) is 18.4 Å². The SMILES string of the molecule is Cc1ccc(S(=O)(=O)N2CCN(C(=O)[C@H]3CCCN(C(N)=O)C3)CC2)cc1. The lowest BCUT2D eigenvalue weighted by molar-refractivity contribution is -0.138. The second kappa shape index (κ2) is 7.85. The molecular formula is C18H26N4O4S. The summed E-state index contributed by atoms with van der Waals surface area (Å²) in [6, 6.07) is 6.28. The standard InChI is InChI=1S/C18H26N4O4S/c1-14-4-6-16(7-5-14)27(25,26)22-11-9-20(10-12-22)17(23)15-3-2-8-21(13-15)18(19)24/h4-7,15H,2-3,8-13H2,1H3,(H2,19,24)/t15-/m0/s1. The maximum atomic E-state index is 12.8. The normalized spacial score (nSPS) is 21.9. The molecule has 0 radical (unpaired) electrons. The number of hydrogen-bond acceptors (Lipinski definition) is 4. The van der Waals surface area contributed by atoms with E-state index in [9.17, 15) is 18.0 Å². The Labute approximate surface area is 160 Å². The Balaban J connectivity index is 1.60. The summed E-state index contributed by atoms with van der Waals surface area (Å²) in [4.78, 5) is 27.6. The highest BCUT2D eigenvalue weighted by Gasteiger charge is 2.34. The molecule has 1 atom stereocenters. The molecule has 2 heterocycles. The van der Waals surface area contributed by atoms with Crippen LogP contribution in [0.5, 0.6) is 0 Å². The number of hydrogen-bond donors (Lipinski definition) is 1. The first-order valence-electron chi connectivity index (χ1n) is 9.19. The van der Waals surface area contributed by atoms with E-state index < -0.39 is 16.1 Å². The summed E-state index contributed by atoms with van der Waals surface area (Å²) in [6.45, 7) is 4.10. The average Bonchev–Trinajstić information content (AvgIpc) is 2.68. The predicted molar refractivity (Wildman–Crippen MR) is 100 cm³/mol. The number of urea groups is 1. The van der Waals surface area contributed by atoms with Gasteiger partial charge in [0.05, 0.1) is 10.8 Å². The van der Waals surface area contributed by atoms with Gasteiger partial charge in [0.2, 0.25) is 15.9 Å². The third-order valence-electron chi connectivity index (χ3n) is 5.29. The van der Waals surface area contributed by atoms with Gasteiger partial charge in [-0.3, -0.25) is 4.79 Å². The van der Waals surface area contributed by atoms with Crippen molar-refractivity contribution in [2.45, 2.75) is 24.7 Å². The largest absolute Gasteiger partial charge is 0.351 e. The van der Waals surface area contributed by atoms with Crippen molar-refractivity contribution in [1.82, 2.24) is 14.1 Å². The van der Waals surface area contributed by atoms with Gasteiger partial charge in [0.25, 0.3) is 0 Å². The van der Waals surface area contributed by atoms with Crippen molar-refractivity contribution in [2.75, 3.05) is 39.3 Å². The van der Waals surface area contributed by atoms with Crippen LogP contribution in [0.2, 0.25) is 0 Å². The van der Waals surface area contributed by atoms with Crippen molar-refractivity contribution < 1.29 is 18.0 Å². The van der Waals surface area contributed by atoms with E-state index in [1.54, 1.807) is 29.2 Å². The first kappa shape index (κ1) is 19.6. The zero-order valence-electron chi connectivity index (χ0n) is 15.5. The Morgan fingerprint density at radius 2 is 1.63 bits per heavy atom. The van der Waals surface area contributed by atoms with E-state index in [-0.39, 0.29) is 29.8 Å². The Kier molecular flexibility index (Phi) is 5.71. The van der Waals surface area contributed by atoms with Gasteiger partial charge in [-0.05, 0) is 31.9 Å². The van der Waals surface area contributed by atoms with Crippen molar-refractivity contribution in [3.05, 3.63) is 29.8 Å². The van der Waals surface area contributed by atoms with Crippen LogP contribution in [0.15, 0.2) is 29.2 Å². The van der Waals surface area contributed by atoms with Crippen LogP contribution in [0.4, 0.5) is 4.79 Å². The van der Waals surface area contributed by atoms with Gasteiger partial charge < -0.3 is 15.5 Å². The van der Waals surface area contributed by atoms with Gasteiger partial charge in [-0.1, -0.05) is 17.7 Å². The molecule has 1 aromatic rings. The fourth-order valence-electron chi connectivity index (χ4n) is 3.65. The van der Waals surface area contributed by atoms with E-state index >= 15 is 0 Å². The van der Waals surface area contributed by atoms with Gasteiger partial charge >= 0.3 is 6.03 Å². The Hall–Kier alpha value is -2.13. The summed E-state index contributed by atoms with van der Waals surface area (Å²) in [7, 11) is -3.55. The van der Waals surface area contributed by atoms with Crippen molar-refractivity contribution >= 4 is 22.0 Å². The lowest BCUT2D eigenvalue weighted by Gasteiger charge is -2.38. The molecule has 0 aliphatic carbocycles. The Bertz CT molecular complexity index is 801. The van der Waals surface area contributed by atoms with E-state index in [1.807, 2.05) is 6.92 Å². The van der Waals surface area contributed by atoms with Crippen LogP contribution < -0.4 is 5.73 Å². The van der Waals surface area contributed by atoms with Crippen LogP contribution in [0, 0.1) is 12.8 Å². The zero-order valence-corrected chi connectivity index (χ0v) is 16.3. The van der Waals surface area contributed by atoms with Crippen LogP contribution in [0.3, 0.4) is 0 Å². The minimum absolute atomic E-state index is 0.0201. The number of piperidine rings is 1. The predicted octanol–water partition coefficient (Wildman–Crippen LogP) is 0.619. The number of piperazine rings is 1. The molecule has 2 saturated heterocycles. The number of rotatable bonds is 3. The highest BCUT2D eigenvalue weighted by molar-refractivity contribution is 7.89. The lowest BCUT2D eigenvalue weighted by atomic mass is 9.96. The third kappa shape index (κ3) is 4.24. The minimum Gasteiger partial charge on any atom is -0.351 e. The molecule has 0 aromatic heterocycles. The van der Waals surface area contributed by atoms with Gasteiger partial charge in [-0.25, -0.2) is 13.2 Å². The van der Waals surface area contributed by atoms with Crippen LogP contribution in [0.1, 0.15) is 18.4 Å². The monoisotopic (exact) mass is 394 g/mol. The number of sulfonamides is 1. The molecule has 0 unspecified atom stereocenters. The summed E-state index contributed by atoms with van der Waals surface area (Å²) in [5.74, 6) is -0.278. The van der Waals surface area contributed by atoms with Gasteiger partial charge in [0.1, 0.15) is 0 Å². The average molecular weight is 394 g/mol. The second-order valence-corrected chi connectivity index (χ2v) is 9.10. The zero-order chi connectivity index (χ0) is 19.6. The molecule has 27 heavy (non-hydrogen) atoms. The smallest absolute Gasteiger partial charge is 0.314 e. The van der Waals surface area contributed by atoms with Crippen molar-refractivity contribution in [3.8, 4) is 0 Å². The van der Waals surface area contributed by atoms with Crippen molar-refractivity contribution in [3.63, 3.8) is 0 Å². The quantitative estimate of drug-likeness (QED) is 0.811. The molecule has 0 saturated carbocycles. The fraction of sp³-hybridized carbons (Fsp3) is 0.556. The third-order valence-corrected chi connectivity index (χ3v) is 7.20. The molecule has 148 valence electrons. The number of nitrogens with zero attached hydrogens (tertiary/aromatic N) is 3. The second-order valence-electron chi connectivity index (χ2n) is 7.17. The molecule has 8 nitrogen and oxygen atoms in total. The van der Waals surface area contributed by atoms with Gasteiger partial charge in [0.15, 0.2) is 0 Å². The summed E-state index contributed by atoms with van der Waals surface area (Å²) < 4.78 is 26.9.